The Bertz CT molecular complexity index is 1690. The fourth-order valence-corrected chi connectivity index (χ4v) is 6.92. The number of benzene rings is 4. The third-order valence-corrected chi connectivity index (χ3v) is 8.53. The van der Waals surface area contributed by atoms with Gasteiger partial charge in [-0.2, -0.15) is 0 Å². The lowest BCUT2D eigenvalue weighted by Crippen LogP contribution is -2.48. The number of aryl methyl sites for hydroxylation is 1. The van der Waals surface area contributed by atoms with Crippen LogP contribution < -0.4 is 4.90 Å². The normalized spacial score (nSPS) is 22.1. The summed E-state index contributed by atoms with van der Waals surface area (Å²) < 4.78 is 15.8. The van der Waals surface area contributed by atoms with Crippen molar-refractivity contribution in [2.24, 2.45) is 5.41 Å². The lowest BCUT2D eigenvalue weighted by atomic mass is 9.64. The molecule has 3 atom stereocenters. The summed E-state index contributed by atoms with van der Waals surface area (Å²) >= 11 is 0. The Morgan fingerprint density at radius 2 is 1.46 bits per heavy atom. The summed E-state index contributed by atoms with van der Waals surface area (Å²) in [5.74, 6) is -2.59. The molecule has 0 bridgehead atoms. The van der Waals surface area contributed by atoms with Gasteiger partial charge in [0.25, 0.3) is 0 Å². The van der Waals surface area contributed by atoms with Gasteiger partial charge in [-0.05, 0) is 35.7 Å². The number of anilines is 1. The number of carbonyl (C=O) groups is 3. The van der Waals surface area contributed by atoms with Crippen molar-refractivity contribution in [3.05, 3.63) is 142 Å². The van der Waals surface area contributed by atoms with Crippen molar-refractivity contribution in [1.29, 1.82) is 0 Å². The molecule has 1 saturated heterocycles. The van der Waals surface area contributed by atoms with E-state index < -0.39 is 29.2 Å². The maximum atomic E-state index is 15.8. The zero-order chi connectivity index (χ0) is 26.9. The van der Waals surface area contributed by atoms with Crippen LogP contribution in [0.5, 0.6) is 0 Å². The molecule has 4 aromatic rings. The Labute approximate surface area is 225 Å². The zero-order valence-electron chi connectivity index (χ0n) is 21.2. The number of halogens is 1. The molecule has 0 saturated carbocycles. The molecule has 1 aliphatic carbocycles. The second-order valence-corrected chi connectivity index (χ2v) is 10.5. The van der Waals surface area contributed by atoms with E-state index in [1.165, 1.54) is 6.07 Å². The van der Waals surface area contributed by atoms with Gasteiger partial charge in [0.2, 0.25) is 0 Å². The average Bonchev–Trinajstić information content (AvgIpc) is 3.39. The largest absolute Gasteiger partial charge is 0.352 e. The molecule has 190 valence electrons. The third-order valence-electron chi connectivity index (χ3n) is 8.53. The summed E-state index contributed by atoms with van der Waals surface area (Å²) in [5.41, 5.74) is 2.18. The molecule has 4 nitrogen and oxygen atoms in total. The van der Waals surface area contributed by atoms with E-state index >= 15 is 4.39 Å². The molecule has 0 unspecified atom stereocenters. The van der Waals surface area contributed by atoms with E-state index in [1.807, 2.05) is 48.2 Å². The van der Waals surface area contributed by atoms with Crippen LogP contribution in [-0.2, 0) is 0 Å². The van der Waals surface area contributed by atoms with Crippen LogP contribution >= 0.6 is 0 Å². The molecule has 0 radical (unpaired) electrons. The van der Waals surface area contributed by atoms with Crippen LogP contribution in [0.25, 0.3) is 6.08 Å². The van der Waals surface area contributed by atoms with Gasteiger partial charge in [-0.1, -0.05) is 97.1 Å². The summed E-state index contributed by atoms with van der Waals surface area (Å²) in [4.78, 5) is 45.5. The van der Waals surface area contributed by atoms with Crippen molar-refractivity contribution in [2.75, 3.05) is 4.90 Å². The highest BCUT2D eigenvalue weighted by molar-refractivity contribution is 6.32. The summed E-state index contributed by atoms with van der Waals surface area (Å²) in [6.45, 7) is 1.96. The second-order valence-electron chi connectivity index (χ2n) is 10.5. The van der Waals surface area contributed by atoms with Crippen molar-refractivity contribution in [3.8, 4) is 0 Å². The van der Waals surface area contributed by atoms with Gasteiger partial charge in [-0.25, -0.2) is 4.39 Å². The van der Waals surface area contributed by atoms with Gasteiger partial charge in [0.15, 0.2) is 17.3 Å². The van der Waals surface area contributed by atoms with Crippen LogP contribution in [-0.4, -0.2) is 29.4 Å². The van der Waals surface area contributed by atoms with Gasteiger partial charge in [0, 0.05) is 28.3 Å². The summed E-state index contributed by atoms with van der Waals surface area (Å²) in [6, 6.07) is 26.0. The number of ketones is 3. The molecule has 2 aliphatic heterocycles. The molecule has 1 spiro atoms. The zero-order valence-corrected chi connectivity index (χ0v) is 21.2. The number of carbonyl (C=O) groups excluding carboxylic acids is 3. The van der Waals surface area contributed by atoms with Gasteiger partial charge in [-0.15, -0.1) is 0 Å². The number of rotatable bonds is 3. The maximum absolute atomic E-state index is 15.8. The van der Waals surface area contributed by atoms with E-state index in [0.717, 1.165) is 16.8 Å². The number of Topliss-reactive ketones (excluding diaryl/α,β-unsaturated/α-hetero) is 3. The molecule has 7 rings (SSSR count). The summed E-state index contributed by atoms with van der Waals surface area (Å²) in [7, 11) is 0. The highest BCUT2D eigenvalue weighted by Crippen LogP contribution is 2.61. The predicted molar refractivity (Wildman–Crippen MR) is 148 cm³/mol. The fourth-order valence-electron chi connectivity index (χ4n) is 6.92. The SMILES string of the molecule is Cc1ccc2c(c1)N1[C@H](C(=O)c3ccccc3)[C@@H](c3ccccc3F)C3(C(=O)c4ccccc4C3=O)[C@@H]1C=C2. The van der Waals surface area contributed by atoms with E-state index in [-0.39, 0.29) is 22.9 Å². The van der Waals surface area contributed by atoms with Crippen molar-refractivity contribution < 1.29 is 18.8 Å². The van der Waals surface area contributed by atoms with Crippen molar-refractivity contribution in [1.82, 2.24) is 0 Å². The van der Waals surface area contributed by atoms with Gasteiger partial charge in [0.1, 0.15) is 17.3 Å². The standard InChI is InChI=1S/C34H24FNO3/c1-20-15-16-21-17-18-28-34(32(38)23-11-5-6-12-24(23)33(34)39)29(25-13-7-8-14-26(25)35)30(36(28)27(21)19-20)31(37)22-9-3-2-4-10-22/h2-19,28-30H,1H3/t28-,29+,30-/m0/s1. The van der Waals surface area contributed by atoms with Crippen LogP contribution in [0.1, 0.15) is 53.7 Å². The lowest BCUT2D eigenvalue weighted by molar-refractivity contribution is 0.0664. The van der Waals surface area contributed by atoms with E-state index in [0.29, 0.717) is 16.7 Å². The minimum absolute atomic E-state index is 0.193. The van der Waals surface area contributed by atoms with Crippen LogP contribution in [0.4, 0.5) is 10.1 Å². The number of nitrogens with zero attached hydrogens (tertiary/aromatic N) is 1. The second kappa shape index (κ2) is 8.43. The Balaban J connectivity index is 1.58. The Morgan fingerprint density at radius 1 is 0.821 bits per heavy atom. The number of hydrogen-bond acceptors (Lipinski definition) is 4. The van der Waals surface area contributed by atoms with Crippen LogP contribution in [0, 0.1) is 18.2 Å². The van der Waals surface area contributed by atoms with E-state index in [2.05, 4.69) is 0 Å². The van der Waals surface area contributed by atoms with Crippen molar-refractivity contribution in [2.45, 2.75) is 24.9 Å². The van der Waals surface area contributed by atoms with E-state index in [1.54, 1.807) is 66.7 Å². The first-order chi connectivity index (χ1) is 18.9. The molecule has 39 heavy (non-hydrogen) atoms. The smallest absolute Gasteiger partial charge is 0.185 e. The third kappa shape index (κ3) is 3.07. The minimum atomic E-state index is -1.71. The molecule has 0 N–H and O–H groups in total. The lowest BCUT2D eigenvalue weighted by Gasteiger charge is -2.37. The molecule has 0 aromatic heterocycles. The van der Waals surface area contributed by atoms with Crippen LogP contribution in [0.3, 0.4) is 0 Å². The molecule has 4 aromatic carbocycles. The average molecular weight is 514 g/mol. The quantitative estimate of drug-likeness (QED) is 0.233. The molecular weight excluding hydrogens is 489 g/mol. The number of fused-ring (bicyclic) bond motifs is 5. The molecule has 0 amide bonds. The first-order valence-electron chi connectivity index (χ1n) is 13.0. The molecular formula is C34H24FNO3. The Kier molecular flexibility index (Phi) is 5.08. The Morgan fingerprint density at radius 3 is 2.15 bits per heavy atom. The topological polar surface area (TPSA) is 54.5 Å². The van der Waals surface area contributed by atoms with Crippen LogP contribution in [0.2, 0.25) is 0 Å². The highest BCUT2D eigenvalue weighted by Gasteiger charge is 2.71. The number of hydrogen-bond donors (Lipinski definition) is 0. The highest BCUT2D eigenvalue weighted by atomic mass is 19.1. The fraction of sp³-hybridized carbons (Fsp3) is 0.147. The molecule has 1 fully saturated rings. The van der Waals surface area contributed by atoms with Crippen molar-refractivity contribution in [3.63, 3.8) is 0 Å². The van der Waals surface area contributed by atoms with E-state index in [4.69, 9.17) is 0 Å². The van der Waals surface area contributed by atoms with Crippen LogP contribution in [0.15, 0.2) is 103 Å². The molecule has 2 heterocycles. The van der Waals surface area contributed by atoms with Crippen molar-refractivity contribution >= 4 is 29.1 Å². The van der Waals surface area contributed by atoms with Gasteiger partial charge in [-0.3, -0.25) is 14.4 Å². The summed E-state index contributed by atoms with van der Waals surface area (Å²) in [5, 5.41) is 0. The molecule has 5 heteroatoms. The minimum Gasteiger partial charge on any atom is -0.352 e. The predicted octanol–water partition coefficient (Wildman–Crippen LogP) is 6.45. The Hall–Kier alpha value is -4.64. The maximum Gasteiger partial charge on any atom is 0.185 e. The monoisotopic (exact) mass is 513 g/mol. The molecule has 3 aliphatic rings. The van der Waals surface area contributed by atoms with E-state index in [9.17, 15) is 14.4 Å². The first-order valence-corrected chi connectivity index (χ1v) is 13.0. The van der Waals surface area contributed by atoms with Gasteiger partial charge in [0.05, 0.1) is 6.04 Å². The van der Waals surface area contributed by atoms with Gasteiger partial charge < -0.3 is 4.90 Å². The summed E-state index contributed by atoms with van der Waals surface area (Å²) in [6.07, 6.45) is 3.76. The van der Waals surface area contributed by atoms with Gasteiger partial charge >= 0.3 is 0 Å². The first kappa shape index (κ1) is 23.5.